The highest BCUT2D eigenvalue weighted by atomic mass is 35.5. The molecule has 0 unspecified atom stereocenters. The van der Waals surface area contributed by atoms with Crippen molar-refractivity contribution in [1.82, 2.24) is 10.4 Å². The predicted octanol–water partition coefficient (Wildman–Crippen LogP) is 5.08. The van der Waals surface area contributed by atoms with E-state index in [1.54, 1.807) is 25.1 Å². The van der Waals surface area contributed by atoms with Gasteiger partial charge in [0, 0.05) is 33.0 Å². The van der Waals surface area contributed by atoms with Gasteiger partial charge in [-0.3, -0.25) is 14.9 Å². The van der Waals surface area contributed by atoms with Crippen LogP contribution in [0.5, 0.6) is 0 Å². The topological polar surface area (TPSA) is 97.5 Å². The van der Waals surface area contributed by atoms with E-state index in [2.05, 4.69) is 15.5 Å². The molecule has 0 saturated carbocycles. The Hall–Kier alpha value is -2.68. The second-order valence-corrected chi connectivity index (χ2v) is 8.16. The average Bonchev–Trinajstić information content (AvgIpc) is 2.69. The second kappa shape index (κ2) is 9.21. The summed E-state index contributed by atoms with van der Waals surface area (Å²) >= 11 is 13.4. The molecule has 0 aliphatic carbocycles. The van der Waals surface area contributed by atoms with Gasteiger partial charge >= 0.3 is 0 Å². The Balaban J connectivity index is 1.69. The fourth-order valence-corrected chi connectivity index (χ4v) is 3.57. The number of amides is 1. The van der Waals surface area contributed by atoms with E-state index in [0.29, 0.717) is 21.5 Å². The minimum atomic E-state index is -0.484. The molecular weight excluding hydrogens is 435 g/mol. The summed E-state index contributed by atoms with van der Waals surface area (Å²) in [6, 6.07) is 13.1. The van der Waals surface area contributed by atoms with Gasteiger partial charge in [0.2, 0.25) is 0 Å². The molecule has 3 rings (SSSR count). The van der Waals surface area contributed by atoms with Gasteiger partial charge in [-0.05, 0) is 43.3 Å². The first-order valence-corrected chi connectivity index (χ1v) is 9.97. The molecule has 1 N–H and O–H groups in total. The number of nitrogens with zero attached hydrogens (tertiary/aromatic N) is 3. The zero-order chi connectivity index (χ0) is 21.0. The highest BCUT2D eigenvalue weighted by Gasteiger charge is 2.14. The van der Waals surface area contributed by atoms with Crippen LogP contribution >= 0.6 is 35.0 Å². The Bertz CT molecular complexity index is 1110. The van der Waals surface area contributed by atoms with Gasteiger partial charge < -0.3 is 0 Å². The largest absolute Gasteiger partial charge is 0.272 e. The maximum Gasteiger partial charge on any atom is 0.270 e. The summed E-state index contributed by atoms with van der Waals surface area (Å²) in [7, 11) is 0. The summed E-state index contributed by atoms with van der Waals surface area (Å²) in [6.45, 7) is 1.76. The molecule has 10 heteroatoms. The van der Waals surface area contributed by atoms with Crippen molar-refractivity contribution in [3.05, 3.63) is 74.4 Å². The van der Waals surface area contributed by atoms with Crippen molar-refractivity contribution in [2.75, 3.05) is 0 Å². The van der Waals surface area contributed by atoms with Crippen molar-refractivity contribution < 1.29 is 9.72 Å². The van der Waals surface area contributed by atoms with Gasteiger partial charge in [0.15, 0.2) is 0 Å². The number of hydrogen-bond donors (Lipinski definition) is 1. The molecule has 1 amide bonds. The van der Waals surface area contributed by atoms with Gasteiger partial charge in [-0.25, -0.2) is 10.4 Å². The smallest absolute Gasteiger partial charge is 0.270 e. The third kappa shape index (κ3) is 5.44. The van der Waals surface area contributed by atoms with Gasteiger partial charge in [-0.2, -0.15) is 5.10 Å². The highest BCUT2D eigenvalue weighted by Crippen LogP contribution is 2.25. The summed E-state index contributed by atoms with van der Waals surface area (Å²) in [4.78, 5) is 27.8. The molecule has 0 bridgehead atoms. The molecule has 1 atom stereocenters. The first kappa shape index (κ1) is 21.0. The highest BCUT2D eigenvalue weighted by molar-refractivity contribution is 8.00. The first-order chi connectivity index (χ1) is 13.8. The Morgan fingerprint density at radius 1 is 1.24 bits per heavy atom. The zero-order valence-electron chi connectivity index (χ0n) is 15.0. The fraction of sp³-hybridized carbons (Fsp3) is 0.105. The summed E-state index contributed by atoms with van der Waals surface area (Å²) < 4.78 is 0. The summed E-state index contributed by atoms with van der Waals surface area (Å²) in [5.74, 6) is -0.290. The summed E-state index contributed by atoms with van der Waals surface area (Å²) in [5.41, 5.74) is 3.36. The van der Waals surface area contributed by atoms with Crippen LogP contribution in [-0.4, -0.2) is 27.3 Å². The minimum Gasteiger partial charge on any atom is -0.272 e. The van der Waals surface area contributed by atoms with E-state index in [4.69, 9.17) is 23.2 Å². The van der Waals surface area contributed by atoms with Crippen molar-refractivity contribution in [2.24, 2.45) is 5.10 Å². The van der Waals surface area contributed by atoms with Crippen LogP contribution in [-0.2, 0) is 4.79 Å². The van der Waals surface area contributed by atoms with Crippen molar-refractivity contribution >= 4 is 63.7 Å². The lowest BCUT2D eigenvalue weighted by atomic mass is 10.1. The number of fused-ring (bicyclic) bond motifs is 1. The maximum atomic E-state index is 12.2. The van der Waals surface area contributed by atoms with Crippen LogP contribution in [0.15, 0.2) is 58.5 Å². The van der Waals surface area contributed by atoms with Gasteiger partial charge in [-0.15, -0.1) is 11.8 Å². The van der Waals surface area contributed by atoms with Crippen molar-refractivity contribution in [3.8, 4) is 0 Å². The molecule has 29 heavy (non-hydrogen) atoms. The zero-order valence-corrected chi connectivity index (χ0v) is 17.3. The average molecular weight is 449 g/mol. The standard InChI is InChI=1S/C19H14Cl2N4O3S/c1-11(29-16-5-2-14(20)3-6-16)19(26)24-22-10-13-8-12-9-15(25(27)28)4-7-17(12)23-18(13)21/h2-11H,1H3,(H,24,26)/b22-10-/t11-/m1/s1. The Morgan fingerprint density at radius 3 is 2.66 bits per heavy atom. The summed E-state index contributed by atoms with van der Waals surface area (Å²) in [5, 5.41) is 15.8. The molecular formula is C19H14Cl2N4O3S. The Kier molecular flexibility index (Phi) is 6.68. The number of nitro benzene ring substituents is 1. The van der Waals surface area contributed by atoms with Crippen LogP contribution in [0.2, 0.25) is 10.2 Å². The van der Waals surface area contributed by atoms with Gasteiger partial charge in [0.25, 0.3) is 11.6 Å². The molecule has 0 aliphatic rings. The van der Waals surface area contributed by atoms with Crippen LogP contribution in [0.25, 0.3) is 10.9 Å². The van der Waals surface area contributed by atoms with E-state index in [1.807, 2.05) is 12.1 Å². The third-order valence-electron chi connectivity index (χ3n) is 3.86. The lowest BCUT2D eigenvalue weighted by Crippen LogP contribution is -2.26. The maximum absolute atomic E-state index is 12.2. The van der Waals surface area contributed by atoms with Crippen molar-refractivity contribution in [3.63, 3.8) is 0 Å². The molecule has 0 spiro atoms. The van der Waals surface area contributed by atoms with Gasteiger partial charge in [-0.1, -0.05) is 23.2 Å². The lowest BCUT2D eigenvalue weighted by Gasteiger charge is -2.09. The number of halogens is 2. The van der Waals surface area contributed by atoms with Crippen LogP contribution in [0.4, 0.5) is 5.69 Å². The van der Waals surface area contributed by atoms with Gasteiger partial charge in [0.1, 0.15) is 5.15 Å². The van der Waals surface area contributed by atoms with Crippen LogP contribution in [0.1, 0.15) is 12.5 Å². The fourth-order valence-electron chi connectivity index (χ4n) is 2.39. The van der Waals surface area contributed by atoms with Crippen LogP contribution in [0, 0.1) is 10.1 Å². The molecule has 148 valence electrons. The second-order valence-electron chi connectivity index (χ2n) is 5.95. The number of carbonyl (C=O) groups excluding carboxylic acids is 1. The van der Waals surface area contributed by atoms with E-state index in [0.717, 1.165) is 4.90 Å². The number of carbonyl (C=O) groups is 1. The third-order valence-corrected chi connectivity index (χ3v) is 5.53. The first-order valence-electron chi connectivity index (χ1n) is 8.33. The molecule has 1 aromatic heterocycles. The molecule has 0 radical (unpaired) electrons. The molecule has 3 aromatic rings. The SMILES string of the molecule is C[C@@H](Sc1ccc(Cl)cc1)C(=O)N/N=C\c1cc2cc([N+](=O)[O-])ccc2nc1Cl. The number of hydrazone groups is 1. The number of non-ortho nitro benzene ring substituents is 1. The van der Waals surface area contributed by atoms with Crippen LogP contribution < -0.4 is 5.43 Å². The van der Waals surface area contributed by atoms with E-state index >= 15 is 0 Å². The number of thioether (sulfide) groups is 1. The Labute approximate surface area is 180 Å². The molecule has 7 nitrogen and oxygen atoms in total. The number of aromatic nitrogens is 1. The number of nitrogens with one attached hydrogen (secondary N) is 1. The van der Waals surface area contributed by atoms with Crippen molar-refractivity contribution in [2.45, 2.75) is 17.1 Å². The molecule has 0 saturated heterocycles. The number of hydrogen-bond acceptors (Lipinski definition) is 6. The minimum absolute atomic E-state index is 0.0501. The quantitative estimate of drug-likeness (QED) is 0.186. The number of benzene rings is 2. The molecule has 0 fully saturated rings. The normalized spacial score (nSPS) is 12.2. The number of pyridine rings is 1. The Morgan fingerprint density at radius 2 is 1.97 bits per heavy atom. The number of nitro groups is 1. The van der Waals surface area contributed by atoms with E-state index in [9.17, 15) is 14.9 Å². The molecule has 0 aliphatic heterocycles. The van der Waals surface area contributed by atoms with E-state index < -0.39 is 4.92 Å². The van der Waals surface area contributed by atoms with Crippen LogP contribution in [0.3, 0.4) is 0 Å². The van der Waals surface area contributed by atoms with E-state index in [1.165, 1.54) is 36.2 Å². The van der Waals surface area contributed by atoms with Crippen molar-refractivity contribution in [1.29, 1.82) is 0 Å². The lowest BCUT2D eigenvalue weighted by molar-refractivity contribution is -0.384. The molecule has 2 aromatic carbocycles. The predicted molar refractivity (Wildman–Crippen MR) is 116 cm³/mol. The van der Waals surface area contributed by atoms with Gasteiger partial charge in [0.05, 0.1) is 21.9 Å². The molecule has 1 heterocycles. The number of rotatable bonds is 6. The van der Waals surface area contributed by atoms with E-state index in [-0.39, 0.29) is 22.0 Å². The summed E-state index contributed by atoms with van der Waals surface area (Å²) in [6.07, 6.45) is 1.35. The monoisotopic (exact) mass is 448 g/mol.